The average Bonchev–Trinajstić information content (AvgIpc) is 3.08. The van der Waals surface area contributed by atoms with E-state index in [9.17, 15) is 15.8 Å². The summed E-state index contributed by atoms with van der Waals surface area (Å²) in [6, 6.07) is 9.41. The molecule has 7 heteroatoms. The van der Waals surface area contributed by atoms with Crippen molar-refractivity contribution in [1.29, 1.82) is 21.2 Å². The van der Waals surface area contributed by atoms with Gasteiger partial charge in [0.1, 0.15) is 11.5 Å². The molecular weight excluding hydrogens is 320 g/mol. The predicted octanol–water partition coefficient (Wildman–Crippen LogP) is 3.34. The lowest BCUT2D eigenvalue weighted by Gasteiger charge is -2.47. The molecule has 4 atom stereocenters. The first kappa shape index (κ1) is 17.0. The summed E-state index contributed by atoms with van der Waals surface area (Å²) in [4.78, 5) is 0. The Hall–Kier alpha value is -2.82. The molecule has 3 heterocycles. The molecule has 0 spiro atoms. The summed E-state index contributed by atoms with van der Waals surface area (Å²) in [5.74, 6) is -1.39. The minimum absolute atomic E-state index is 0.277. The Labute approximate surface area is 145 Å². The van der Waals surface area contributed by atoms with E-state index in [1.165, 1.54) is 0 Å². The van der Waals surface area contributed by atoms with E-state index in [0.29, 0.717) is 18.6 Å². The van der Waals surface area contributed by atoms with Crippen LogP contribution in [0.2, 0.25) is 0 Å². The number of nitrogens with zero attached hydrogens (tertiary/aromatic N) is 3. The third kappa shape index (κ3) is 1.83. The summed E-state index contributed by atoms with van der Waals surface area (Å²) in [5, 5.41) is 38.4. The zero-order valence-electron chi connectivity index (χ0n) is 14.3. The highest BCUT2D eigenvalue weighted by Crippen LogP contribution is 2.67. The van der Waals surface area contributed by atoms with Gasteiger partial charge >= 0.3 is 0 Å². The number of ether oxygens (including phenoxy) is 2. The molecule has 2 saturated heterocycles. The van der Waals surface area contributed by atoms with Crippen LogP contribution < -0.4 is 0 Å². The van der Waals surface area contributed by atoms with Gasteiger partial charge in [-0.2, -0.15) is 15.8 Å². The van der Waals surface area contributed by atoms with Gasteiger partial charge in [-0.3, -0.25) is 5.41 Å². The van der Waals surface area contributed by atoms with Crippen molar-refractivity contribution in [2.45, 2.75) is 45.5 Å². The van der Waals surface area contributed by atoms with Crippen LogP contribution in [-0.4, -0.2) is 11.7 Å². The minimum Gasteiger partial charge on any atom is -0.464 e. The minimum atomic E-state index is -1.95. The van der Waals surface area contributed by atoms with Gasteiger partial charge in [-0.1, -0.05) is 13.3 Å². The first-order valence-corrected chi connectivity index (χ1v) is 8.11. The third-order valence-electron chi connectivity index (χ3n) is 5.31. The first-order valence-electron chi connectivity index (χ1n) is 8.11. The zero-order valence-corrected chi connectivity index (χ0v) is 14.3. The molecule has 128 valence electrons. The second-order valence-corrected chi connectivity index (χ2v) is 6.69. The molecule has 4 unspecified atom stereocenters. The highest BCUT2D eigenvalue weighted by atomic mass is 16.7. The fourth-order valence-electron chi connectivity index (χ4n) is 4.16. The van der Waals surface area contributed by atoms with E-state index in [0.717, 1.165) is 0 Å². The fourth-order valence-corrected chi connectivity index (χ4v) is 4.16. The monoisotopic (exact) mass is 338 g/mol. The summed E-state index contributed by atoms with van der Waals surface area (Å²) >= 11 is 0. The van der Waals surface area contributed by atoms with Crippen molar-refractivity contribution in [3.63, 3.8) is 0 Å². The molecule has 2 aliphatic rings. The number of hydrogen-bond acceptors (Lipinski definition) is 7. The second kappa shape index (κ2) is 5.34. The van der Waals surface area contributed by atoms with E-state index in [1.54, 1.807) is 26.0 Å². The Morgan fingerprint density at radius 1 is 1.20 bits per heavy atom. The Morgan fingerprint density at radius 3 is 2.36 bits per heavy atom. The Bertz CT molecular complexity index is 841. The van der Waals surface area contributed by atoms with Gasteiger partial charge in [-0.05, 0) is 25.5 Å². The van der Waals surface area contributed by atoms with Crippen molar-refractivity contribution in [3.05, 3.63) is 23.7 Å². The molecule has 2 aliphatic heterocycles. The summed E-state index contributed by atoms with van der Waals surface area (Å²) in [7, 11) is 0. The maximum Gasteiger partial charge on any atom is 0.215 e. The van der Waals surface area contributed by atoms with E-state index < -0.39 is 28.6 Å². The van der Waals surface area contributed by atoms with Gasteiger partial charge in [-0.25, -0.2) is 0 Å². The fraction of sp³-hybridized carbons (Fsp3) is 0.556. The van der Waals surface area contributed by atoms with E-state index >= 15 is 0 Å². The number of nitrogens with one attached hydrogen (secondary N) is 1. The molecule has 2 bridgehead atoms. The van der Waals surface area contributed by atoms with Crippen molar-refractivity contribution in [1.82, 2.24) is 0 Å². The largest absolute Gasteiger partial charge is 0.464 e. The van der Waals surface area contributed by atoms with Crippen LogP contribution >= 0.6 is 0 Å². The summed E-state index contributed by atoms with van der Waals surface area (Å²) in [5.41, 5.74) is -3.66. The summed E-state index contributed by atoms with van der Waals surface area (Å²) in [6.07, 6.45) is 0.0552. The zero-order chi connectivity index (χ0) is 18.5. The van der Waals surface area contributed by atoms with Gasteiger partial charge in [0.25, 0.3) is 0 Å². The van der Waals surface area contributed by atoms with Crippen LogP contribution in [0.4, 0.5) is 0 Å². The number of rotatable bonds is 3. The average molecular weight is 338 g/mol. The molecule has 2 fully saturated rings. The third-order valence-corrected chi connectivity index (χ3v) is 5.31. The topological polar surface area (TPSA) is 127 Å². The van der Waals surface area contributed by atoms with E-state index in [4.69, 9.17) is 19.3 Å². The van der Waals surface area contributed by atoms with Crippen molar-refractivity contribution in [3.8, 4) is 18.2 Å². The molecule has 0 amide bonds. The summed E-state index contributed by atoms with van der Waals surface area (Å²) < 4.78 is 17.3. The van der Waals surface area contributed by atoms with Crippen LogP contribution in [0.25, 0.3) is 0 Å². The molecule has 1 N–H and O–H groups in total. The van der Waals surface area contributed by atoms with Crippen molar-refractivity contribution in [2.75, 3.05) is 0 Å². The molecule has 3 rings (SSSR count). The van der Waals surface area contributed by atoms with Gasteiger partial charge in [0.05, 0.1) is 24.1 Å². The molecule has 0 radical (unpaired) electrons. The Kier molecular flexibility index (Phi) is 3.64. The number of fused-ring (bicyclic) bond motifs is 2. The number of hydrogen-bond donors (Lipinski definition) is 1. The van der Waals surface area contributed by atoms with Crippen LogP contribution in [0.15, 0.2) is 16.5 Å². The molecule has 0 aliphatic carbocycles. The number of furan rings is 1. The Morgan fingerprint density at radius 2 is 1.88 bits per heavy atom. The first-order chi connectivity index (χ1) is 11.8. The molecule has 7 nitrogen and oxygen atoms in total. The molecule has 0 aromatic carbocycles. The van der Waals surface area contributed by atoms with Gasteiger partial charge < -0.3 is 13.9 Å². The van der Waals surface area contributed by atoms with Gasteiger partial charge in [0, 0.05) is 6.92 Å². The van der Waals surface area contributed by atoms with Gasteiger partial charge in [0.2, 0.25) is 17.1 Å². The lowest BCUT2D eigenvalue weighted by Crippen LogP contribution is -2.58. The van der Waals surface area contributed by atoms with E-state index in [-0.39, 0.29) is 11.7 Å². The van der Waals surface area contributed by atoms with Crippen molar-refractivity contribution >= 4 is 5.90 Å². The molecule has 1 aromatic heterocycles. The molecule has 0 saturated carbocycles. The highest BCUT2D eigenvalue weighted by Gasteiger charge is 2.79. The van der Waals surface area contributed by atoms with Crippen molar-refractivity contribution < 1.29 is 13.9 Å². The smallest absolute Gasteiger partial charge is 0.215 e. The van der Waals surface area contributed by atoms with E-state index in [2.05, 4.69) is 6.07 Å². The van der Waals surface area contributed by atoms with Crippen LogP contribution in [-0.2, 0) is 9.47 Å². The summed E-state index contributed by atoms with van der Waals surface area (Å²) in [6.45, 7) is 5.32. The molecule has 25 heavy (non-hydrogen) atoms. The van der Waals surface area contributed by atoms with Gasteiger partial charge in [0.15, 0.2) is 11.5 Å². The molecule has 1 aromatic rings. The van der Waals surface area contributed by atoms with Gasteiger partial charge in [-0.15, -0.1) is 0 Å². The SMILES string of the molecule is CCCC1C2(C)OC(=N)C1(C#N)C(C#N)(C#N)C(c1ccc(C)o1)O2. The predicted molar refractivity (Wildman–Crippen MR) is 84.6 cm³/mol. The lowest BCUT2D eigenvalue weighted by molar-refractivity contribution is -0.277. The highest BCUT2D eigenvalue weighted by molar-refractivity contribution is 5.89. The number of aryl methyl sites for hydroxylation is 1. The lowest BCUT2D eigenvalue weighted by atomic mass is 9.53. The van der Waals surface area contributed by atoms with Crippen LogP contribution in [0.1, 0.15) is 44.3 Å². The van der Waals surface area contributed by atoms with Crippen LogP contribution in [0, 0.1) is 63.1 Å². The maximum absolute atomic E-state index is 10.1. The second-order valence-electron chi connectivity index (χ2n) is 6.69. The van der Waals surface area contributed by atoms with E-state index in [1.807, 2.05) is 19.1 Å². The van der Waals surface area contributed by atoms with Crippen LogP contribution in [0.5, 0.6) is 0 Å². The molecular formula is C18H18N4O3. The quantitative estimate of drug-likeness (QED) is 0.900. The van der Waals surface area contributed by atoms with Crippen molar-refractivity contribution in [2.24, 2.45) is 16.7 Å². The Balaban J connectivity index is 2.31. The number of nitriles is 3. The van der Waals surface area contributed by atoms with Crippen LogP contribution in [0.3, 0.4) is 0 Å². The standard InChI is InChI=1S/C18H18N4O3/c1-4-5-13-16(3)24-14(12-7-6-11(2)23-12)17(8-19,9-20)18(13,10-21)15(22)25-16/h6-7,13-14,22H,4-5H2,1-3H3. The normalized spacial score (nSPS) is 35.3. The maximum atomic E-state index is 10.1.